The van der Waals surface area contributed by atoms with Crippen LogP contribution in [0.15, 0.2) is 120 Å². The molecule has 3 heteroatoms. The van der Waals surface area contributed by atoms with Crippen molar-refractivity contribution in [1.29, 1.82) is 0 Å². The van der Waals surface area contributed by atoms with Crippen molar-refractivity contribution in [3.05, 3.63) is 160 Å². The van der Waals surface area contributed by atoms with Gasteiger partial charge in [-0.1, -0.05) is 77.6 Å². The minimum atomic E-state index is 0. The fraction of sp³-hybridized carbons (Fsp3) is 0.364. The van der Waals surface area contributed by atoms with Gasteiger partial charge in [-0.2, -0.15) is 72.8 Å². The first-order valence-corrected chi connectivity index (χ1v) is 17.6. The first-order valence-electron chi connectivity index (χ1n) is 17.6. The molecule has 0 aromatic heterocycles. The Morgan fingerprint density at radius 1 is 0.489 bits per heavy atom. The van der Waals surface area contributed by atoms with Gasteiger partial charge in [0.1, 0.15) is 0 Å². The summed E-state index contributed by atoms with van der Waals surface area (Å²) in [6.07, 6.45) is 13.7. The molecule has 1 aliphatic heterocycles. The molecular formula is C44H54N2Ni. The maximum absolute atomic E-state index is 11.7. The predicted octanol–water partition coefficient (Wildman–Crippen LogP) is 12.9. The van der Waals surface area contributed by atoms with Crippen LogP contribution in [-0.4, -0.2) is 4.70 Å². The van der Waals surface area contributed by atoms with Crippen LogP contribution in [-0.2, 0) is 29.3 Å². The molecule has 0 unspecified atom stereocenters. The Balaban J connectivity index is 0.000000490. The van der Waals surface area contributed by atoms with Gasteiger partial charge in [-0.25, -0.2) is 4.70 Å². The van der Waals surface area contributed by atoms with Crippen LogP contribution in [0.5, 0.6) is 0 Å². The number of rotatable bonds is 14. The summed E-state index contributed by atoms with van der Waals surface area (Å²) in [5.41, 5.74) is 21.4. The van der Waals surface area contributed by atoms with Gasteiger partial charge in [0.15, 0.2) is 0 Å². The molecule has 0 radical (unpaired) electrons. The number of aryl methyl sites for hydroxylation is 2. The molecule has 4 aromatic rings. The Bertz CT molecular complexity index is 1390. The molecule has 5 rings (SSSR count). The smallest absolute Gasteiger partial charge is 0.493 e. The molecule has 0 spiro atoms. The van der Waals surface area contributed by atoms with E-state index in [2.05, 4.69) is 88.4 Å². The van der Waals surface area contributed by atoms with E-state index in [1.54, 1.807) is 0 Å². The zero-order valence-electron chi connectivity index (χ0n) is 29.1. The van der Waals surface area contributed by atoms with Gasteiger partial charge in [0, 0.05) is 22.3 Å². The zero-order valence-corrected chi connectivity index (χ0v) is 30.1. The van der Waals surface area contributed by atoms with E-state index in [4.69, 9.17) is 0 Å². The maximum atomic E-state index is 11.7. The minimum Gasteiger partial charge on any atom is -0.493 e. The summed E-state index contributed by atoms with van der Waals surface area (Å²) < 4.78 is 1.52. The fourth-order valence-electron chi connectivity index (χ4n) is 5.64. The van der Waals surface area contributed by atoms with Crippen molar-refractivity contribution < 1.29 is 21.2 Å². The van der Waals surface area contributed by atoms with Crippen molar-refractivity contribution in [1.82, 2.24) is 0 Å². The van der Waals surface area contributed by atoms with E-state index in [1.165, 1.54) is 52.7 Å². The molecule has 0 fully saturated rings. The molecular weight excluding hydrogens is 615 g/mol. The quantitative estimate of drug-likeness (QED) is 0.0726. The topological polar surface area (TPSA) is 25.3 Å². The van der Waals surface area contributed by atoms with Crippen molar-refractivity contribution in [2.45, 2.75) is 105 Å². The molecule has 0 atom stereocenters. The fourth-order valence-corrected chi connectivity index (χ4v) is 5.64. The summed E-state index contributed by atoms with van der Waals surface area (Å²) in [6, 6.07) is 42.8. The Morgan fingerprint density at radius 3 is 1.36 bits per heavy atom. The summed E-state index contributed by atoms with van der Waals surface area (Å²) in [6.45, 7) is 8.99. The molecule has 2 nitrogen and oxygen atoms in total. The average molecular weight is 670 g/mol. The molecule has 0 saturated heterocycles. The monoisotopic (exact) mass is 668 g/mol. The van der Waals surface area contributed by atoms with E-state index in [0.29, 0.717) is 0 Å². The maximum Gasteiger partial charge on any atom is 2.00 e. The third kappa shape index (κ3) is 13.2. The largest absolute Gasteiger partial charge is 2.00 e. The molecule has 47 heavy (non-hydrogen) atoms. The minimum absolute atomic E-state index is 0. The molecule has 1 aliphatic rings. The van der Waals surface area contributed by atoms with Gasteiger partial charge in [-0.15, -0.1) is 0 Å². The Hall–Kier alpha value is -3.55. The van der Waals surface area contributed by atoms with Gasteiger partial charge in [-0.05, 0) is 86.8 Å². The van der Waals surface area contributed by atoms with Crippen molar-refractivity contribution in [3.63, 3.8) is 0 Å². The molecule has 0 N–H and O–H groups in total. The van der Waals surface area contributed by atoms with E-state index in [-0.39, 0.29) is 16.5 Å². The molecule has 250 valence electrons. The van der Waals surface area contributed by atoms with Crippen LogP contribution < -0.4 is 0 Å². The van der Waals surface area contributed by atoms with Crippen molar-refractivity contribution in [2.75, 3.05) is 0 Å². The zero-order chi connectivity index (χ0) is 32.8. The summed E-state index contributed by atoms with van der Waals surface area (Å²) in [5, 5.41) is 0. The SMILES string of the molecule is CCCCC1=C(c2ccc(CCCC)cc2)[N+](=[N-])C(c2cccc(CCCC)c2)=C1CCCC.[Ni+2].[c-]1ccccc1.[c-]1ccccc1. The molecule has 0 bridgehead atoms. The second-order valence-electron chi connectivity index (χ2n) is 11.9. The van der Waals surface area contributed by atoms with Gasteiger partial charge < -0.3 is 5.53 Å². The van der Waals surface area contributed by atoms with E-state index in [1.807, 2.05) is 60.7 Å². The van der Waals surface area contributed by atoms with Crippen LogP contribution >= 0.6 is 0 Å². The van der Waals surface area contributed by atoms with Gasteiger partial charge >= 0.3 is 16.5 Å². The second kappa shape index (κ2) is 23.7. The summed E-state index contributed by atoms with van der Waals surface area (Å²) >= 11 is 0. The van der Waals surface area contributed by atoms with E-state index in [0.717, 1.165) is 73.9 Å². The van der Waals surface area contributed by atoms with Crippen molar-refractivity contribution >= 4 is 11.4 Å². The molecule has 0 aliphatic carbocycles. The standard InChI is InChI=1S/C32H44N2.2C6H5.Ni/c1-5-9-14-25-20-22-27(23-21-25)31-29(18-11-7-3)30(19-12-8-4)32(34(31)33)28-17-13-16-26(24-28)15-10-6-2;2*1-2-4-6-5-3-1;/h13,16-17,20-24H,5-12,14-15,18-19H2,1-4H3;2*1-5H;/q;2*-1;+2. The molecule has 4 aromatic carbocycles. The number of hydrogen-bond donors (Lipinski definition) is 0. The summed E-state index contributed by atoms with van der Waals surface area (Å²) in [4.78, 5) is 0. The first kappa shape index (κ1) is 39.6. The van der Waals surface area contributed by atoms with Crippen LogP contribution in [0.1, 0.15) is 114 Å². The van der Waals surface area contributed by atoms with E-state index >= 15 is 0 Å². The number of nitrogens with zero attached hydrogens (tertiary/aromatic N) is 2. The third-order valence-corrected chi connectivity index (χ3v) is 8.20. The van der Waals surface area contributed by atoms with Gasteiger partial charge in [-0.3, -0.25) is 0 Å². The Labute approximate surface area is 296 Å². The second-order valence-corrected chi connectivity index (χ2v) is 11.9. The first-order chi connectivity index (χ1) is 22.6. The van der Waals surface area contributed by atoms with Crippen molar-refractivity contribution in [3.8, 4) is 0 Å². The molecule has 0 saturated carbocycles. The molecule has 0 amide bonds. The number of allylic oxidation sites excluding steroid dienone is 2. The third-order valence-electron chi connectivity index (χ3n) is 8.20. The summed E-state index contributed by atoms with van der Waals surface area (Å²) in [5.74, 6) is 0. The van der Waals surface area contributed by atoms with E-state index < -0.39 is 0 Å². The normalized spacial score (nSPS) is 12.1. The van der Waals surface area contributed by atoms with Crippen molar-refractivity contribution in [2.24, 2.45) is 0 Å². The molecule has 1 heterocycles. The van der Waals surface area contributed by atoms with Gasteiger partial charge in [0.05, 0.1) is 0 Å². The Kier molecular flexibility index (Phi) is 20.0. The van der Waals surface area contributed by atoms with E-state index in [9.17, 15) is 5.53 Å². The van der Waals surface area contributed by atoms with Gasteiger partial charge in [0.2, 0.25) is 11.4 Å². The summed E-state index contributed by atoms with van der Waals surface area (Å²) in [7, 11) is 0. The van der Waals surface area contributed by atoms with Crippen LogP contribution in [0.4, 0.5) is 0 Å². The van der Waals surface area contributed by atoms with Crippen LogP contribution in [0.25, 0.3) is 16.9 Å². The van der Waals surface area contributed by atoms with Crippen LogP contribution in [0, 0.1) is 12.1 Å². The predicted molar refractivity (Wildman–Crippen MR) is 197 cm³/mol. The number of hydrogen-bond acceptors (Lipinski definition) is 0. The number of benzene rings is 4. The average Bonchev–Trinajstić information content (AvgIpc) is 3.40. The number of unbranched alkanes of at least 4 members (excludes halogenated alkanes) is 4. The Morgan fingerprint density at radius 2 is 0.936 bits per heavy atom. The van der Waals surface area contributed by atoms with Crippen LogP contribution in [0.3, 0.4) is 0 Å². The van der Waals surface area contributed by atoms with Gasteiger partial charge in [0.25, 0.3) is 0 Å². The van der Waals surface area contributed by atoms with Crippen LogP contribution in [0.2, 0.25) is 0 Å².